The van der Waals surface area contributed by atoms with Crippen molar-refractivity contribution < 1.29 is 5.11 Å². The van der Waals surface area contributed by atoms with Gasteiger partial charge in [-0.2, -0.15) is 0 Å². The average molecular weight is 199 g/mol. The summed E-state index contributed by atoms with van der Waals surface area (Å²) in [6.07, 6.45) is 3.02. The zero-order valence-corrected chi connectivity index (χ0v) is 10.2. The molecule has 14 heavy (non-hydrogen) atoms. The van der Waals surface area contributed by atoms with E-state index >= 15 is 0 Å². The molecule has 0 aliphatic heterocycles. The lowest BCUT2D eigenvalue weighted by Gasteiger charge is -2.39. The summed E-state index contributed by atoms with van der Waals surface area (Å²) >= 11 is 0. The van der Waals surface area contributed by atoms with E-state index in [0.29, 0.717) is 17.5 Å². The number of nitrogens with zero attached hydrogens (tertiary/aromatic N) is 1. The lowest BCUT2D eigenvalue weighted by Crippen LogP contribution is -2.44. The Balaban J connectivity index is 2.52. The molecule has 0 spiro atoms. The van der Waals surface area contributed by atoms with Crippen LogP contribution in [0.25, 0.3) is 0 Å². The molecule has 3 unspecified atom stereocenters. The van der Waals surface area contributed by atoms with Crippen LogP contribution in [0.3, 0.4) is 0 Å². The number of aliphatic hydroxyl groups is 1. The van der Waals surface area contributed by atoms with Gasteiger partial charge >= 0.3 is 0 Å². The molecule has 0 aromatic rings. The first kappa shape index (κ1) is 12.0. The summed E-state index contributed by atoms with van der Waals surface area (Å²) in [5, 5.41) is 9.51. The summed E-state index contributed by atoms with van der Waals surface area (Å²) in [7, 11) is 2.19. The maximum atomic E-state index is 9.51. The molecule has 0 radical (unpaired) electrons. The third kappa shape index (κ3) is 2.71. The van der Waals surface area contributed by atoms with Crippen LogP contribution in [0.15, 0.2) is 0 Å². The molecule has 84 valence electrons. The van der Waals surface area contributed by atoms with Gasteiger partial charge in [-0.3, -0.25) is 0 Å². The lowest BCUT2D eigenvalue weighted by atomic mass is 9.86. The molecule has 0 aromatic heterocycles. The summed E-state index contributed by atoms with van der Waals surface area (Å²) in [5.74, 6) is 0. The van der Waals surface area contributed by atoms with Crippen molar-refractivity contribution in [1.29, 1.82) is 0 Å². The molecule has 1 fully saturated rings. The Labute approximate surface area is 88.3 Å². The zero-order chi connectivity index (χ0) is 10.9. The van der Waals surface area contributed by atoms with Crippen molar-refractivity contribution in [3.05, 3.63) is 0 Å². The molecule has 1 aliphatic carbocycles. The van der Waals surface area contributed by atoms with Gasteiger partial charge in [0.15, 0.2) is 0 Å². The Morgan fingerprint density at radius 2 is 1.86 bits per heavy atom. The molecule has 1 saturated carbocycles. The quantitative estimate of drug-likeness (QED) is 0.737. The highest BCUT2D eigenvalue weighted by atomic mass is 16.3. The van der Waals surface area contributed by atoms with Crippen LogP contribution in [0, 0.1) is 5.41 Å². The fourth-order valence-corrected chi connectivity index (χ4v) is 2.23. The van der Waals surface area contributed by atoms with Gasteiger partial charge in [-0.1, -0.05) is 20.8 Å². The molecule has 2 heteroatoms. The van der Waals surface area contributed by atoms with Gasteiger partial charge in [-0.15, -0.1) is 0 Å². The summed E-state index contributed by atoms with van der Waals surface area (Å²) < 4.78 is 0. The van der Waals surface area contributed by atoms with Crippen LogP contribution in [0.4, 0.5) is 0 Å². The third-order valence-corrected chi connectivity index (χ3v) is 3.82. The highest BCUT2D eigenvalue weighted by Gasteiger charge is 2.32. The van der Waals surface area contributed by atoms with E-state index in [1.807, 2.05) is 0 Å². The minimum Gasteiger partial charge on any atom is -0.393 e. The van der Waals surface area contributed by atoms with Crippen molar-refractivity contribution in [2.24, 2.45) is 5.41 Å². The SMILES string of the molecule is CC(N(C)C1CCC(O)C1)C(C)(C)C. The molecule has 2 nitrogen and oxygen atoms in total. The molecule has 0 aromatic carbocycles. The van der Waals surface area contributed by atoms with Gasteiger partial charge in [0.2, 0.25) is 0 Å². The molecule has 1 rings (SSSR count). The van der Waals surface area contributed by atoms with Gasteiger partial charge in [0.05, 0.1) is 6.10 Å². The average Bonchev–Trinajstić information content (AvgIpc) is 2.47. The summed E-state index contributed by atoms with van der Waals surface area (Å²) in [5.41, 5.74) is 0.322. The van der Waals surface area contributed by atoms with Crippen molar-refractivity contribution in [3.63, 3.8) is 0 Å². The molecule has 1 aliphatic rings. The van der Waals surface area contributed by atoms with E-state index in [9.17, 15) is 5.11 Å². The Bertz CT molecular complexity index is 185. The first-order chi connectivity index (χ1) is 6.32. The van der Waals surface area contributed by atoms with E-state index in [0.717, 1.165) is 19.3 Å². The van der Waals surface area contributed by atoms with Crippen LogP contribution < -0.4 is 0 Å². The van der Waals surface area contributed by atoms with Crippen LogP contribution in [0.2, 0.25) is 0 Å². The van der Waals surface area contributed by atoms with Crippen molar-refractivity contribution >= 4 is 0 Å². The van der Waals surface area contributed by atoms with Crippen molar-refractivity contribution in [1.82, 2.24) is 4.90 Å². The number of rotatable bonds is 2. The Hall–Kier alpha value is -0.0800. The van der Waals surface area contributed by atoms with Crippen LogP contribution in [-0.4, -0.2) is 35.2 Å². The van der Waals surface area contributed by atoms with Crippen molar-refractivity contribution in [3.8, 4) is 0 Å². The molecular weight excluding hydrogens is 174 g/mol. The minimum absolute atomic E-state index is 0.0605. The van der Waals surface area contributed by atoms with Crippen molar-refractivity contribution in [2.45, 2.75) is 65.1 Å². The first-order valence-electron chi connectivity index (χ1n) is 5.72. The van der Waals surface area contributed by atoms with Crippen LogP contribution in [0.1, 0.15) is 47.0 Å². The van der Waals surface area contributed by atoms with E-state index in [-0.39, 0.29) is 6.10 Å². The Morgan fingerprint density at radius 1 is 1.29 bits per heavy atom. The number of aliphatic hydroxyl groups excluding tert-OH is 1. The predicted octanol–water partition coefficient (Wildman–Crippen LogP) is 2.27. The molecule has 1 N–H and O–H groups in total. The van der Waals surface area contributed by atoms with Gasteiger partial charge in [0, 0.05) is 12.1 Å². The van der Waals surface area contributed by atoms with E-state index in [2.05, 4.69) is 39.6 Å². The molecular formula is C12H25NO. The highest BCUT2D eigenvalue weighted by Crippen LogP contribution is 2.30. The second kappa shape index (κ2) is 4.19. The Kier molecular flexibility index (Phi) is 3.59. The van der Waals surface area contributed by atoms with Crippen LogP contribution in [-0.2, 0) is 0 Å². The zero-order valence-electron chi connectivity index (χ0n) is 10.2. The maximum Gasteiger partial charge on any atom is 0.0555 e. The highest BCUT2D eigenvalue weighted by molar-refractivity contribution is 4.87. The van der Waals surface area contributed by atoms with Gasteiger partial charge in [-0.05, 0) is 38.6 Å². The third-order valence-electron chi connectivity index (χ3n) is 3.82. The van der Waals surface area contributed by atoms with Gasteiger partial charge in [0.25, 0.3) is 0 Å². The van der Waals surface area contributed by atoms with Gasteiger partial charge in [-0.25, -0.2) is 0 Å². The van der Waals surface area contributed by atoms with Crippen LogP contribution in [0.5, 0.6) is 0 Å². The topological polar surface area (TPSA) is 23.5 Å². The molecule has 0 amide bonds. The maximum absolute atomic E-state index is 9.51. The van der Waals surface area contributed by atoms with E-state index in [1.165, 1.54) is 0 Å². The Morgan fingerprint density at radius 3 is 2.21 bits per heavy atom. The van der Waals surface area contributed by atoms with E-state index in [4.69, 9.17) is 0 Å². The van der Waals surface area contributed by atoms with E-state index < -0.39 is 0 Å². The van der Waals surface area contributed by atoms with Gasteiger partial charge < -0.3 is 10.0 Å². The molecule has 0 heterocycles. The second-order valence-electron chi connectivity index (χ2n) is 5.83. The fourth-order valence-electron chi connectivity index (χ4n) is 2.23. The van der Waals surface area contributed by atoms with Crippen molar-refractivity contribution in [2.75, 3.05) is 7.05 Å². The fraction of sp³-hybridized carbons (Fsp3) is 1.00. The normalized spacial score (nSPS) is 31.1. The predicted molar refractivity (Wildman–Crippen MR) is 60.3 cm³/mol. The molecule has 0 bridgehead atoms. The minimum atomic E-state index is -0.0605. The standard InChI is InChI=1S/C12H25NO/c1-9(12(2,3)4)13(5)10-6-7-11(14)8-10/h9-11,14H,6-8H2,1-5H3. The largest absolute Gasteiger partial charge is 0.393 e. The second-order valence-corrected chi connectivity index (χ2v) is 5.83. The number of hydrogen-bond donors (Lipinski definition) is 1. The monoisotopic (exact) mass is 199 g/mol. The first-order valence-corrected chi connectivity index (χ1v) is 5.72. The van der Waals surface area contributed by atoms with Gasteiger partial charge in [0.1, 0.15) is 0 Å². The summed E-state index contributed by atoms with van der Waals surface area (Å²) in [6, 6.07) is 1.15. The molecule has 0 saturated heterocycles. The van der Waals surface area contributed by atoms with Crippen LogP contribution >= 0.6 is 0 Å². The van der Waals surface area contributed by atoms with E-state index in [1.54, 1.807) is 0 Å². The number of hydrogen-bond acceptors (Lipinski definition) is 2. The molecule has 3 atom stereocenters. The summed E-state index contributed by atoms with van der Waals surface area (Å²) in [4.78, 5) is 2.44. The lowest BCUT2D eigenvalue weighted by molar-refractivity contribution is 0.0891. The summed E-state index contributed by atoms with van der Waals surface area (Å²) in [6.45, 7) is 9.11. The smallest absolute Gasteiger partial charge is 0.0555 e.